The number of benzene rings is 1. The van der Waals surface area contributed by atoms with Gasteiger partial charge in [0, 0.05) is 29.2 Å². The Labute approximate surface area is 117 Å². The summed E-state index contributed by atoms with van der Waals surface area (Å²) in [5.41, 5.74) is 5.42. The van der Waals surface area contributed by atoms with Gasteiger partial charge in [-0.05, 0) is 26.0 Å². The van der Waals surface area contributed by atoms with Crippen molar-refractivity contribution >= 4 is 29.3 Å². The van der Waals surface area contributed by atoms with Gasteiger partial charge in [0.2, 0.25) is 5.91 Å². The van der Waals surface area contributed by atoms with Gasteiger partial charge in [-0.3, -0.25) is 4.79 Å². The van der Waals surface area contributed by atoms with Crippen LogP contribution in [0.25, 0.3) is 0 Å². The summed E-state index contributed by atoms with van der Waals surface area (Å²) in [6, 6.07) is 7.63. The van der Waals surface area contributed by atoms with E-state index in [-0.39, 0.29) is 11.4 Å². The molecule has 0 saturated carbocycles. The summed E-state index contributed by atoms with van der Waals surface area (Å²) in [4.78, 5) is 12.6. The minimum Gasteiger partial charge on any atom is -0.354 e. The average molecular weight is 287 g/mol. The first-order valence-corrected chi connectivity index (χ1v) is 7.18. The second-order valence-electron chi connectivity index (χ2n) is 4.79. The molecule has 3 N–H and O–H groups in total. The van der Waals surface area contributed by atoms with Gasteiger partial charge < -0.3 is 11.1 Å². The fraction of sp³-hybridized carbons (Fsp3) is 0.462. The number of halogens is 1. The van der Waals surface area contributed by atoms with E-state index in [2.05, 4.69) is 5.32 Å². The van der Waals surface area contributed by atoms with E-state index in [1.807, 2.05) is 38.1 Å². The minimum absolute atomic E-state index is 0.0214. The summed E-state index contributed by atoms with van der Waals surface area (Å²) in [6.45, 7) is 4.25. The average Bonchev–Trinajstić information content (AvgIpc) is 2.28. The number of hydrogen-bond acceptors (Lipinski definition) is 3. The van der Waals surface area contributed by atoms with Crippen LogP contribution in [0.15, 0.2) is 29.2 Å². The van der Waals surface area contributed by atoms with E-state index < -0.39 is 0 Å². The molecule has 0 atom stereocenters. The number of rotatable bonds is 6. The lowest BCUT2D eigenvalue weighted by Crippen LogP contribution is -2.45. The Bertz CT molecular complexity index is 404. The zero-order chi connectivity index (χ0) is 13.6. The molecule has 0 aliphatic rings. The molecule has 0 radical (unpaired) electrons. The van der Waals surface area contributed by atoms with Crippen LogP contribution in [0.2, 0.25) is 5.02 Å². The van der Waals surface area contributed by atoms with Gasteiger partial charge in [-0.25, -0.2) is 0 Å². The maximum absolute atomic E-state index is 11.6. The second-order valence-corrected chi connectivity index (χ2v) is 6.34. The van der Waals surface area contributed by atoms with Crippen molar-refractivity contribution in [1.82, 2.24) is 5.32 Å². The van der Waals surface area contributed by atoms with Gasteiger partial charge in [-0.15, -0.1) is 11.8 Å². The van der Waals surface area contributed by atoms with E-state index in [0.717, 1.165) is 9.92 Å². The van der Waals surface area contributed by atoms with Crippen molar-refractivity contribution in [1.29, 1.82) is 0 Å². The molecule has 1 aromatic rings. The Morgan fingerprint density at radius 2 is 2.11 bits per heavy atom. The molecule has 0 spiro atoms. The summed E-state index contributed by atoms with van der Waals surface area (Å²) in [7, 11) is 0. The van der Waals surface area contributed by atoms with Crippen LogP contribution in [0.1, 0.15) is 20.3 Å². The number of hydrogen-bond donors (Lipinski definition) is 2. The first kappa shape index (κ1) is 15.3. The molecule has 0 heterocycles. The number of nitrogens with two attached hydrogens (primary N) is 1. The van der Waals surface area contributed by atoms with Crippen LogP contribution in [0.4, 0.5) is 0 Å². The van der Waals surface area contributed by atoms with Gasteiger partial charge >= 0.3 is 0 Å². The second kappa shape index (κ2) is 7.02. The lowest BCUT2D eigenvalue weighted by molar-refractivity contribution is -0.120. The third-order valence-corrected chi connectivity index (χ3v) is 3.68. The van der Waals surface area contributed by atoms with Crippen LogP contribution in [-0.2, 0) is 4.79 Å². The Morgan fingerprint density at radius 3 is 2.72 bits per heavy atom. The highest BCUT2D eigenvalue weighted by atomic mass is 35.5. The molecular weight excluding hydrogens is 268 g/mol. The Hall–Kier alpha value is -0.710. The largest absolute Gasteiger partial charge is 0.354 e. The molecule has 0 aromatic heterocycles. The summed E-state index contributed by atoms with van der Waals surface area (Å²) in [5, 5.41) is 3.54. The number of carbonyl (C=O) groups excluding carboxylic acids is 1. The summed E-state index contributed by atoms with van der Waals surface area (Å²) in [6.07, 6.45) is 0.464. The predicted molar refractivity (Wildman–Crippen MR) is 78.1 cm³/mol. The van der Waals surface area contributed by atoms with E-state index in [0.29, 0.717) is 18.7 Å². The van der Waals surface area contributed by atoms with E-state index in [1.54, 1.807) is 11.8 Å². The molecule has 0 fully saturated rings. The molecule has 0 aliphatic carbocycles. The van der Waals surface area contributed by atoms with Crippen LogP contribution in [0.3, 0.4) is 0 Å². The van der Waals surface area contributed by atoms with Gasteiger partial charge in [0.1, 0.15) is 0 Å². The maximum Gasteiger partial charge on any atom is 0.220 e. The van der Waals surface area contributed by atoms with E-state index in [1.165, 1.54) is 0 Å². The first-order chi connectivity index (χ1) is 8.38. The fourth-order valence-electron chi connectivity index (χ4n) is 1.23. The molecule has 0 bridgehead atoms. The normalized spacial score (nSPS) is 11.3. The van der Waals surface area contributed by atoms with Crippen molar-refractivity contribution in [2.45, 2.75) is 30.7 Å². The molecular formula is C13H19ClN2OS. The molecule has 0 unspecified atom stereocenters. The molecule has 5 heteroatoms. The molecule has 18 heavy (non-hydrogen) atoms. The molecule has 3 nitrogen and oxygen atoms in total. The van der Waals surface area contributed by atoms with Gasteiger partial charge in [0.05, 0.1) is 5.02 Å². The van der Waals surface area contributed by atoms with Gasteiger partial charge in [-0.1, -0.05) is 23.7 Å². The minimum atomic E-state index is -0.370. The monoisotopic (exact) mass is 286 g/mol. The topological polar surface area (TPSA) is 55.1 Å². The Balaban J connectivity index is 2.26. The van der Waals surface area contributed by atoms with Crippen molar-refractivity contribution < 1.29 is 4.79 Å². The van der Waals surface area contributed by atoms with Crippen molar-refractivity contribution in [3.63, 3.8) is 0 Å². The maximum atomic E-state index is 11.6. The van der Waals surface area contributed by atoms with Crippen LogP contribution in [0.5, 0.6) is 0 Å². The molecule has 1 rings (SSSR count). The molecule has 100 valence electrons. The van der Waals surface area contributed by atoms with Gasteiger partial charge in [-0.2, -0.15) is 0 Å². The standard InChI is InChI=1S/C13H19ClN2OS/c1-13(2,15)9-16-12(17)7-8-18-11-6-4-3-5-10(11)14/h3-6H,7-9,15H2,1-2H3,(H,16,17). The quantitative estimate of drug-likeness (QED) is 0.791. The molecule has 0 saturated heterocycles. The van der Waals surface area contributed by atoms with Gasteiger partial charge in [0.25, 0.3) is 0 Å². The smallest absolute Gasteiger partial charge is 0.220 e. The highest BCUT2D eigenvalue weighted by Crippen LogP contribution is 2.26. The van der Waals surface area contributed by atoms with E-state index >= 15 is 0 Å². The third kappa shape index (κ3) is 6.28. The zero-order valence-electron chi connectivity index (χ0n) is 10.7. The van der Waals surface area contributed by atoms with E-state index in [4.69, 9.17) is 17.3 Å². The van der Waals surface area contributed by atoms with Crippen LogP contribution in [-0.4, -0.2) is 23.7 Å². The zero-order valence-corrected chi connectivity index (χ0v) is 12.3. The SMILES string of the molecule is CC(C)(N)CNC(=O)CCSc1ccccc1Cl. The highest BCUT2D eigenvalue weighted by Gasteiger charge is 2.12. The Morgan fingerprint density at radius 1 is 1.44 bits per heavy atom. The van der Waals surface area contributed by atoms with E-state index in [9.17, 15) is 4.79 Å². The first-order valence-electron chi connectivity index (χ1n) is 5.81. The van der Waals surface area contributed by atoms with Crippen LogP contribution in [0, 0.1) is 0 Å². The van der Waals surface area contributed by atoms with Crippen LogP contribution >= 0.6 is 23.4 Å². The number of nitrogens with one attached hydrogen (secondary N) is 1. The highest BCUT2D eigenvalue weighted by molar-refractivity contribution is 7.99. The lowest BCUT2D eigenvalue weighted by Gasteiger charge is -2.18. The van der Waals surface area contributed by atoms with Crippen molar-refractivity contribution in [3.8, 4) is 0 Å². The predicted octanol–water partition coefficient (Wildman–Crippen LogP) is 2.68. The van der Waals surface area contributed by atoms with Crippen LogP contribution < -0.4 is 11.1 Å². The third-order valence-electron chi connectivity index (χ3n) is 2.16. The lowest BCUT2D eigenvalue weighted by atomic mass is 10.1. The number of carbonyl (C=O) groups is 1. The Kier molecular flexibility index (Phi) is 5.99. The molecule has 1 amide bonds. The fourth-order valence-corrected chi connectivity index (χ4v) is 2.42. The van der Waals surface area contributed by atoms with Crippen molar-refractivity contribution in [2.24, 2.45) is 5.73 Å². The molecule has 0 aliphatic heterocycles. The summed E-state index contributed by atoms with van der Waals surface area (Å²) in [5.74, 6) is 0.730. The number of thioether (sulfide) groups is 1. The van der Waals surface area contributed by atoms with Crippen molar-refractivity contribution in [2.75, 3.05) is 12.3 Å². The molecule has 1 aromatic carbocycles. The number of amides is 1. The summed E-state index contributed by atoms with van der Waals surface area (Å²) < 4.78 is 0. The van der Waals surface area contributed by atoms with Crippen molar-refractivity contribution in [3.05, 3.63) is 29.3 Å². The summed E-state index contributed by atoms with van der Waals surface area (Å²) >= 11 is 7.61. The van der Waals surface area contributed by atoms with Gasteiger partial charge in [0.15, 0.2) is 0 Å².